The Labute approximate surface area is 112 Å². The smallest absolute Gasteiger partial charge is 0.306 e. The number of methoxy groups -OCH3 is 1. The zero-order chi connectivity index (χ0) is 13.8. The van der Waals surface area contributed by atoms with Crippen molar-refractivity contribution in [3.63, 3.8) is 0 Å². The van der Waals surface area contributed by atoms with E-state index >= 15 is 0 Å². The maximum Gasteiger partial charge on any atom is 0.306 e. The average Bonchev–Trinajstić information content (AvgIpc) is 2.74. The number of carbonyl (C=O) groups is 1. The SMILES string of the molecule is COC(=O)CC(C)SCc1ncc(C(C)(C)C)o1. The number of rotatable bonds is 5. The maximum absolute atomic E-state index is 11.1. The molecule has 4 nitrogen and oxygen atoms in total. The van der Waals surface area contributed by atoms with Crippen LogP contribution in [0.15, 0.2) is 10.6 Å². The van der Waals surface area contributed by atoms with Gasteiger partial charge in [-0.3, -0.25) is 4.79 Å². The van der Waals surface area contributed by atoms with Crippen LogP contribution in [0.5, 0.6) is 0 Å². The third kappa shape index (κ3) is 4.72. The molecule has 0 fully saturated rings. The van der Waals surface area contributed by atoms with Gasteiger partial charge >= 0.3 is 5.97 Å². The molecule has 102 valence electrons. The van der Waals surface area contributed by atoms with Gasteiger partial charge in [-0.15, -0.1) is 11.8 Å². The molecular formula is C13H21NO3S. The van der Waals surface area contributed by atoms with Crippen LogP contribution in [0.25, 0.3) is 0 Å². The summed E-state index contributed by atoms with van der Waals surface area (Å²) in [7, 11) is 1.41. The first-order valence-corrected chi connectivity index (χ1v) is 7.01. The lowest BCUT2D eigenvalue weighted by atomic mass is 9.94. The standard InChI is InChI=1S/C13H21NO3S/c1-9(6-12(15)16-5)18-8-11-14-7-10(17-11)13(2,3)4/h7,9H,6,8H2,1-5H3. The molecule has 1 aromatic rings. The summed E-state index contributed by atoms with van der Waals surface area (Å²) in [5, 5.41) is 0.197. The summed E-state index contributed by atoms with van der Waals surface area (Å²) in [6, 6.07) is 0. The number of carbonyl (C=O) groups excluding carboxylic acids is 1. The molecule has 1 rings (SSSR count). The summed E-state index contributed by atoms with van der Waals surface area (Å²) in [5.74, 6) is 2.09. The number of hydrogen-bond donors (Lipinski definition) is 0. The Morgan fingerprint density at radius 3 is 2.72 bits per heavy atom. The van der Waals surface area contributed by atoms with Gasteiger partial charge in [0.2, 0.25) is 5.89 Å². The highest BCUT2D eigenvalue weighted by Gasteiger charge is 2.19. The van der Waals surface area contributed by atoms with Crippen molar-refractivity contribution in [3.05, 3.63) is 17.8 Å². The molecule has 0 saturated carbocycles. The van der Waals surface area contributed by atoms with Crippen LogP contribution in [0.2, 0.25) is 0 Å². The van der Waals surface area contributed by atoms with E-state index in [9.17, 15) is 4.79 Å². The molecule has 5 heteroatoms. The number of aromatic nitrogens is 1. The van der Waals surface area contributed by atoms with Crippen LogP contribution in [0.4, 0.5) is 0 Å². The molecule has 1 aromatic heterocycles. The van der Waals surface area contributed by atoms with Gasteiger partial charge in [0, 0.05) is 10.7 Å². The Kier molecular flexibility index (Phi) is 5.26. The first-order chi connectivity index (χ1) is 8.32. The van der Waals surface area contributed by atoms with E-state index in [1.54, 1.807) is 18.0 Å². The third-order valence-corrected chi connectivity index (χ3v) is 3.62. The summed E-state index contributed by atoms with van der Waals surface area (Å²) < 4.78 is 10.3. The summed E-state index contributed by atoms with van der Waals surface area (Å²) >= 11 is 1.64. The number of hydrogen-bond acceptors (Lipinski definition) is 5. The van der Waals surface area contributed by atoms with Gasteiger partial charge in [0.1, 0.15) is 5.76 Å². The molecule has 0 N–H and O–H groups in total. The van der Waals surface area contributed by atoms with Crippen LogP contribution in [0.3, 0.4) is 0 Å². The van der Waals surface area contributed by atoms with Crippen LogP contribution in [0.1, 0.15) is 45.8 Å². The number of oxazole rings is 1. The highest BCUT2D eigenvalue weighted by atomic mass is 32.2. The van der Waals surface area contributed by atoms with E-state index in [1.807, 2.05) is 6.92 Å². The van der Waals surface area contributed by atoms with Crippen LogP contribution in [0, 0.1) is 0 Å². The fourth-order valence-corrected chi connectivity index (χ4v) is 2.13. The highest BCUT2D eigenvalue weighted by molar-refractivity contribution is 7.99. The van der Waals surface area contributed by atoms with Gasteiger partial charge in [-0.1, -0.05) is 27.7 Å². The van der Waals surface area contributed by atoms with E-state index < -0.39 is 0 Å². The van der Waals surface area contributed by atoms with Gasteiger partial charge in [0.05, 0.1) is 25.5 Å². The van der Waals surface area contributed by atoms with Crippen LogP contribution in [-0.2, 0) is 20.7 Å². The number of esters is 1. The minimum atomic E-state index is -0.183. The third-order valence-electron chi connectivity index (χ3n) is 2.47. The zero-order valence-electron chi connectivity index (χ0n) is 11.6. The Balaban J connectivity index is 2.44. The largest absolute Gasteiger partial charge is 0.469 e. The predicted molar refractivity (Wildman–Crippen MR) is 72.6 cm³/mol. The van der Waals surface area contributed by atoms with E-state index in [0.29, 0.717) is 18.1 Å². The fourth-order valence-electron chi connectivity index (χ4n) is 1.31. The molecular weight excluding hydrogens is 250 g/mol. The normalized spacial score (nSPS) is 13.4. The first kappa shape index (κ1) is 15.1. The maximum atomic E-state index is 11.1. The number of thioether (sulfide) groups is 1. The second-order valence-corrected chi connectivity index (χ2v) is 6.70. The van der Waals surface area contributed by atoms with Crippen molar-refractivity contribution in [1.29, 1.82) is 0 Å². The molecule has 0 aliphatic rings. The summed E-state index contributed by atoms with van der Waals surface area (Å²) in [6.45, 7) is 8.26. The van der Waals surface area contributed by atoms with Crippen molar-refractivity contribution in [1.82, 2.24) is 4.98 Å². The van der Waals surface area contributed by atoms with E-state index in [1.165, 1.54) is 7.11 Å². The minimum absolute atomic E-state index is 0.0203. The van der Waals surface area contributed by atoms with Gasteiger partial charge in [0.25, 0.3) is 0 Å². The van der Waals surface area contributed by atoms with Gasteiger partial charge in [-0.05, 0) is 0 Å². The zero-order valence-corrected chi connectivity index (χ0v) is 12.5. The first-order valence-electron chi connectivity index (χ1n) is 5.96. The lowest BCUT2D eigenvalue weighted by Gasteiger charge is -2.13. The molecule has 1 heterocycles. The predicted octanol–water partition coefficient (Wildman–Crippen LogP) is 3.16. The van der Waals surface area contributed by atoms with E-state index in [-0.39, 0.29) is 16.6 Å². The Morgan fingerprint density at radius 2 is 2.22 bits per heavy atom. The summed E-state index contributed by atoms with van der Waals surface area (Å²) in [5.41, 5.74) is -0.0203. The average molecular weight is 271 g/mol. The lowest BCUT2D eigenvalue weighted by molar-refractivity contribution is -0.140. The molecule has 1 atom stereocenters. The minimum Gasteiger partial charge on any atom is -0.469 e. The van der Waals surface area contributed by atoms with Crippen molar-refractivity contribution in [2.45, 2.75) is 50.5 Å². The van der Waals surface area contributed by atoms with Gasteiger partial charge in [-0.2, -0.15) is 0 Å². The van der Waals surface area contributed by atoms with Crippen molar-refractivity contribution >= 4 is 17.7 Å². The van der Waals surface area contributed by atoms with Crippen molar-refractivity contribution in [2.24, 2.45) is 0 Å². The highest BCUT2D eigenvalue weighted by Crippen LogP contribution is 2.25. The van der Waals surface area contributed by atoms with Crippen molar-refractivity contribution in [3.8, 4) is 0 Å². The molecule has 0 radical (unpaired) electrons. The second-order valence-electron chi connectivity index (χ2n) is 5.27. The lowest BCUT2D eigenvalue weighted by Crippen LogP contribution is -2.09. The monoisotopic (exact) mass is 271 g/mol. The molecule has 0 spiro atoms. The van der Waals surface area contributed by atoms with Crippen LogP contribution in [-0.4, -0.2) is 23.3 Å². The second kappa shape index (κ2) is 6.27. The molecule has 0 saturated heterocycles. The van der Waals surface area contributed by atoms with Gasteiger partial charge in [0.15, 0.2) is 0 Å². The van der Waals surface area contributed by atoms with Gasteiger partial charge < -0.3 is 9.15 Å². The van der Waals surface area contributed by atoms with E-state index in [2.05, 4.69) is 30.5 Å². The van der Waals surface area contributed by atoms with E-state index in [0.717, 1.165) is 5.76 Å². The van der Waals surface area contributed by atoms with E-state index in [4.69, 9.17) is 4.42 Å². The Bertz CT molecular complexity index is 395. The Morgan fingerprint density at radius 1 is 1.56 bits per heavy atom. The summed E-state index contributed by atoms with van der Waals surface area (Å²) in [6.07, 6.45) is 2.19. The molecule has 0 aromatic carbocycles. The number of ether oxygens (including phenoxy) is 1. The van der Waals surface area contributed by atoms with Crippen LogP contribution < -0.4 is 0 Å². The number of nitrogens with zero attached hydrogens (tertiary/aromatic N) is 1. The quantitative estimate of drug-likeness (QED) is 0.770. The van der Waals surface area contributed by atoms with Gasteiger partial charge in [-0.25, -0.2) is 4.98 Å². The molecule has 0 amide bonds. The molecule has 18 heavy (non-hydrogen) atoms. The summed E-state index contributed by atoms with van der Waals surface area (Å²) in [4.78, 5) is 15.3. The molecule has 0 bridgehead atoms. The Hall–Kier alpha value is -0.970. The fraction of sp³-hybridized carbons (Fsp3) is 0.692. The molecule has 1 unspecified atom stereocenters. The topological polar surface area (TPSA) is 52.3 Å². The van der Waals surface area contributed by atoms with Crippen molar-refractivity contribution in [2.75, 3.05) is 7.11 Å². The molecule has 0 aliphatic heterocycles. The van der Waals surface area contributed by atoms with Crippen LogP contribution >= 0.6 is 11.8 Å². The van der Waals surface area contributed by atoms with Crippen molar-refractivity contribution < 1.29 is 13.9 Å². The molecule has 0 aliphatic carbocycles.